The number of ether oxygens (including phenoxy) is 1. The quantitative estimate of drug-likeness (QED) is 0.155. The Morgan fingerprint density at radius 3 is 2.32 bits per heavy atom. The van der Waals surface area contributed by atoms with E-state index in [-0.39, 0.29) is 25.4 Å². The first-order valence-corrected chi connectivity index (χ1v) is 17.2. The fraction of sp³-hybridized carbons (Fsp3) is 0.350. The average Bonchev–Trinajstić information content (AvgIpc) is 3.16. The number of halogens is 3. The van der Waals surface area contributed by atoms with Gasteiger partial charge in [-0.05, 0) is 72.6 Å². The van der Waals surface area contributed by atoms with Crippen molar-refractivity contribution in [1.29, 1.82) is 0 Å². The highest BCUT2D eigenvalue weighted by Crippen LogP contribution is 2.32. The lowest BCUT2D eigenvalue weighted by molar-refractivity contribution is -0.137. The lowest BCUT2D eigenvalue weighted by atomic mass is 10.0. The van der Waals surface area contributed by atoms with E-state index < -0.39 is 23.6 Å². The minimum atomic E-state index is -4.49. The predicted molar refractivity (Wildman–Crippen MR) is 201 cm³/mol. The molecule has 0 aliphatic carbocycles. The largest absolute Gasteiger partial charge is 0.416 e. The van der Waals surface area contributed by atoms with Crippen LogP contribution in [0.25, 0.3) is 11.3 Å². The topological polar surface area (TPSA) is 107 Å². The Balaban J connectivity index is 0.00000627. The maximum atomic E-state index is 13.7. The molecule has 1 aliphatic heterocycles. The summed E-state index contributed by atoms with van der Waals surface area (Å²) in [6.07, 6.45) is -2.12. The van der Waals surface area contributed by atoms with Crippen molar-refractivity contribution >= 4 is 29.1 Å². The molecule has 1 aromatic heterocycles. The van der Waals surface area contributed by atoms with E-state index in [0.717, 1.165) is 50.4 Å². The zero-order chi connectivity index (χ0) is 37.3. The molecule has 13 heteroatoms. The van der Waals surface area contributed by atoms with Gasteiger partial charge in [0, 0.05) is 87.5 Å². The summed E-state index contributed by atoms with van der Waals surface area (Å²) in [4.78, 5) is 50.6. The van der Waals surface area contributed by atoms with Crippen molar-refractivity contribution in [2.45, 2.75) is 33.5 Å². The standard InChI is InChI=1S/C39H43F3N6O4.CH4/c1-4-15-46(2)32-11-12-34(45-37(50)28-8-6-9-30(23-28)38(51)47(3)16-17-48-18-20-52-21-19-48)33(25-32)35-24-29(13-14-43-35)36(49)44-26-27-7-5-10-31(22-27)39(40,41)42;/h5-14,22-25H,4,15-21,26H2,1-3H3,(H,44,49)(H,45,50);1H4. The second-order valence-electron chi connectivity index (χ2n) is 12.7. The number of anilines is 2. The number of morpholine rings is 1. The van der Waals surface area contributed by atoms with E-state index in [1.807, 2.05) is 19.2 Å². The van der Waals surface area contributed by atoms with E-state index in [0.29, 0.717) is 53.4 Å². The molecule has 53 heavy (non-hydrogen) atoms. The molecule has 282 valence electrons. The first-order chi connectivity index (χ1) is 24.9. The van der Waals surface area contributed by atoms with Crippen LogP contribution in [0.4, 0.5) is 24.5 Å². The van der Waals surface area contributed by atoms with Gasteiger partial charge in [0.25, 0.3) is 17.7 Å². The highest BCUT2D eigenvalue weighted by atomic mass is 19.4. The number of likely N-dealkylation sites (N-methyl/N-ethyl adjacent to an activating group) is 1. The van der Waals surface area contributed by atoms with Crippen LogP contribution < -0.4 is 15.5 Å². The van der Waals surface area contributed by atoms with Gasteiger partial charge in [0.05, 0.1) is 30.2 Å². The molecule has 1 aliphatic rings. The maximum absolute atomic E-state index is 13.7. The summed E-state index contributed by atoms with van der Waals surface area (Å²) in [5.41, 5.74) is 2.69. The Bertz CT molecular complexity index is 1880. The number of pyridine rings is 1. The van der Waals surface area contributed by atoms with Gasteiger partial charge < -0.3 is 25.2 Å². The third kappa shape index (κ3) is 10.9. The van der Waals surface area contributed by atoms with Gasteiger partial charge in [-0.3, -0.25) is 24.3 Å². The molecule has 5 rings (SSSR count). The van der Waals surface area contributed by atoms with Crippen molar-refractivity contribution < 1.29 is 32.3 Å². The summed E-state index contributed by atoms with van der Waals surface area (Å²) in [5, 5.41) is 5.65. The summed E-state index contributed by atoms with van der Waals surface area (Å²) in [7, 11) is 3.69. The number of benzene rings is 3. The predicted octanol–water partition coefficient (Wildman–Crippen LogP) is 6.84. The number of nitrogens with zero attached hydrogens (tertiary/aromatic N) is 4. The van der Waals surface area contributed by atoms with Crippen LogP contribution in [0.2, 0.25) is 0 Å². The lowest BCUT2D eigenvalue weighted by Crippen LogP contribution is -2.41. The monoisotopic (exact) mass is 732 g/mol. The molecule has 2 N–H and O–H groups in total. The Labute approximate surface area is 309 Å². The molecule has 3 aromatic carbocycles. The number of carbonyl (C=O) groups is 3. The average molecular weight is 733 g/mol. The molecule has 0 atom stereocenters. The molecule has 1 fully saturated rings. The van der Waals surface area contributed by atoms with Crippen molar-refractivity contribution in [2.75, 3.05) is 70.2 Å². The van der Waals surface area contributed by atoms with E-state index in [2.05, 4.69) is 32.3 Å². The lowest BCUT2D eigenvalue weighted by Gasteiger charge is -2.28. The fourth-order valence-corrected chi connectivity index (χ4v) is 5.84. The molecule has 10 nitrogen and oxygen atoms in total. The highest BCUT2D eigenvalue weighted by Gasteiger charge is 2.30. The minimum absolute atomic E-state index is 0. The molecule has 1 saturated heterocycles. The SMILES string of the molecule is C.CCCN(C)c1ccc(NC(=O)c2cccc(C(=O)N(C)CCN3CCOCC3)c2)c(-c2cc(C(=O)NCc3cccc(C(F)(F)F)c3)ccn2)c1. The van der Waals surface area contributed by atoms with E-state index in [9.17, 15) is 27.6 Å². The molecule has 0 unspecified atom stereocenters. The number of carbonyl (C=O) groups excluding carboxylic acids is 3. The van der Waals surface area contributed by atoms with Crippen LogP contribution in [0.15, 0.2) is 85.1 Å². The van der Waals surface area contributed by atoms with Gasteiger partial charge in [-0.25, -0.2) is 0 Å². The van der Waals surface area contributed by atoms with E-state index in [4.69, 9.17) is 4.74 Å². The minimum Gasteiger partial charge on any atom is -0.379 e. The molecule has 0 saturated carbocycles. The van der Waals surface area contributed by atoms with Crippen LogP contribution in [0.3, 0.4) is 0 Å². The number of hydrogen-bond acceptors (Lipinski definition) is 7. The number of aromatic nitrogens is 1. The normalized spacial score (nSPS) is 13.1. The number of rotatable bonds is 13. The van der Waals surface area contributed by atoms with Gasteiger partial charge in [-0.1, -0.05) is 32.5 Å². The first-order valence-electron chi connectivity index (χ1n) is 17.2. The molecule has 0 radical (unpaired) electrons. The Hall–Kier alpha value is -5.27. The van der Waals surface area contributed by atoms with Crippen molar-refractivity contribution in [3.63, 3.8) is 0 Å². The van der Waals surface area contributed by atoms with Crippen molar-refractivity contribution in [2.24, 2.45) is 0 Å². The highest BCUT2D eigenvalue weighted by molar-refractivity contribution is 6.08. The van der Waals surface area contributed by atoms with Crippen LogP contribution in [0.1, 0.15) is 63.0 Å². The molecular formula is C40H47F3N6O4. The summed E-state index contributed by atoms with van der Waals surface area (Å²) in [5.74, 6) is -1.13. The van der Waals surface area contributed by atoms with Crippen LogP contribution in [0.5, 0.6) is 0 Å². The fourth-order valence-electron chi connectivity index (χ4n) is 5.84. The first kappa shape index (κ1) is 40.5. The van der Waals surface area contributed by atoms with E-state index in [1.54, 1.807) is 48.3 Å². The molecule has 3 amide bonds. The molecule has 4 aromatic rings. The Kier molecular flexibility index (Phi) is 14.1. The van der Waals surface area contributed by atoms with Crippen molar-refractivity contribution in [3.05, 3.63) is 113 Å². The maximum Gasteiger partial charge on any atom is 0.416 e. The Morgan fingerprint density at radius 2 is 1.58 bits per heavy atom. The molecule has 0 spiro atoms. The van der Waals surface area contributed by atoms with Gasteiger partial charge in [-0.15, -0.1) is 0 Å². The second kappa shape index (κ2) is 18.5. The van der Waals surface area contributed by atoms with Crippen LogP contribution >= 0.6 is 0 Å². The van der Waals surface area contributed by atoms with Crippen LogP contribution in [0, 0.1) is 0 Å². The van der Waals surface area contributed by atoms with Crippen molar-refractivity contribution in [1.82, 2.24) is 20.1 Å². The van der Waals surface area contributed by atoms with Gasteiger partial charge in [0.2, 0.25) is 0 Å². The van der Waals surface area contributed by atoms with E-state index in [1.165, 1.54) is 24.4 Å². The Morgan fingerprint density at radius 1 is 0.868 bits per heavy atom. The zero-order valence-corrected chi connectivity index (χ0v) is 29.5. The summed E-state index contributed by atoms with van der Waals surface area (Å²) < 4.78 is 44.9. The summed E-state index contributed by atoms with van der Waals surface area (Å²) in [6, 6.07) is 20.0. The van der Waals surface area contributed by atoms with Gasteiger partial charge in [0.1, 0.15) is 0 Å². The van der Waals surface area contributed by atoms with Crippen molar-refractivity contribution in [3.8, 4) is 11.3 Å². The molecule has 0 bridgehead atoms. The third-order valence-corrected chi connectivity index (χ3v) is 8.83. The number of amides is 3. The number of hydrogen-bond donors (Lipinski definition) is 2. The summed E-state index contributed by atoms with van der Waals surface area (Å²) >= 11 is 0. The van der Waals surface area contributed by atoms with Crippen LogP contribution in [-0.2, 0) is 17.5 Å². The number of alkyl halides is 3. The summed E-state index contributed by atoms with van der Waals surface area (Å²) in [6.45, 7) is 7.00. The third-order valence-electron chi connectivity index (χ3n) is 8.83. The van der Waals surface area contributed by atoms with Gasteiger partial charge in [-0.2, -0.15) is 13.2 Å². The van der Waals surface area contributed by atoms with E-state index >= 15 is 0 Å². The molecule has 2 heterocycles. The zero-order valence-electron chi connectivity index (χ0n) is 29.5. The second-order valence-corrected chi connectivity index (χ2v) is 12.7. The van der Waals surface area contributed by atoms with Gasteiger partial charge >= 0.3 is 6.18 Å². The van der Waals surface area contributed by atoms with Gasteiger partial charge in [0.15, 0.2) is 0 Å². The number of nitrogens with one attached hydrogen (secondary N) is 2. The molecular weight excluding hydrogens is 685 g/mol. The smallest absolute Gasteiger partial charge is 0.379 e. The van der Waals surface area contributed by atoms with Crippen LogP contribution in [-0.4, -0.2) is 92.5 Å².